The zero-order valence-corrected chi connectivity index (χ0v) is 11.1. The standard InChI is InChI=1S/C16H16S/c1-3-11-8-9-15-14(10-11)13-7-5-6-12(4-2)16(13)17-15/h5-10H,3-4H2,1-2H3. The molecule has 0 atom stereocenters. The van der Waals surface area contributed by atoms with Gasteiger partial charge in [0.15, 0.2) is 0 Å². The van der Waals surface area contributed by atoms with Crippen LogP contribution in [-0.4, -0.2) is 0 Å². The summed E-state index contributed by atoms with van der Waals surface area (Å²) in [5.74, 6) is 0. The quantitative estimate of drug-likeness (QED) is 0.579. The highest BCUT2D eigenvalue weighted by Crippen LogP contribution is 2.36. The van der Waals surface area contributed by atoms with E-state index in [0.717, 1.165) is 12.8 Å². The van der Waals surface area contributed by atoms with Gasteiger partial charge in [0.1, 0.15) is 0 Å². The normalized spacial score (nSPS) is 11.4. The van der Waals surface area contributed by atoms with Crippen LogP contribution in [0, 0.1) is 0 Å². The molecule has 0 aliphatic rings. The van der Waals surface area contributed by atoms with Gasteiger partial charge >= 0.3 is 0 Å². The van der Waals surface area contributed by atoms with Crippen LogP contribution in [0.25, 0.3) is 20.2 Å². The Morgan fingerprint density at radius 2 is 1.82 bits per heavy atom. The average Bonchev–Trinajstić information content (AvgIpc) is 2.76. The van der Waals surface area contributed by atoms with Gasteiger partial charge in [0.25, 0.3) is 0 Å². The number of aryl methyl sites for hydroxylation is 2. The molecule has 3 aromatic rings. The van der Waals surface area contributed by atoms with Gasteiger partial charge in [0.05, 0.1) is 0 Å². The summed E-state index contributed by atoms with van der Waals surface area (Å²) < 4.78 is 2.89. The van der Waals surface area contributed by atoms with Crippen LogP contribution < -0.4 is 0 Å². The highest BCUT2D eigenvalue weighted by atomic mass is 32.1. The lowest BCUT2D eigenvalue weighted by atomic mass is 10.1. The lowest BCUT2D eigenvalue weighted by molar-refractivity contribution is 1.15. The molecular formula is C16H16S. The van der Waals surface area contributed by atoms with Crippen LogP contribution in [0.3, 0.4) is 0 Å². The van der Waals surface area contributed by atoms with E-state index in [9.17, 15) is 0 Å². The maximum absolute atomic E-state index is 2.35. The fourth-order valence-electron chi connectivity index (χ4n) is 2.40. The Labute approximate surface area is 106 Å². The second-order valence-electron chi connectivity index (χ2n) is 4.43. The van der Waals surface area contributed by atoms with Gasteiger partial charge in [0.2, 0.25) is 0 Å². The van der Waals surface area contributed by atoms with E-state index in [1.165, 1.54) is 31.3 Å². The fourth-order valence-corrected chi connectivity index (χ4v) is 3.67. The van der Waals surface area contributed by atoms with Crippen LogP contribution in [0.2, 0.25) is 0 Å². The Kier molecular flexibility index (Phi) is 2.64. The molecule has 0 aliphatic heterocycles. The molecule has 2 aromatic carbocycles. The van der Waals surface area contributed by atoms with Gasteiger partial charge < -0.3 is 0 Å². The van der Waals surface area contributed by atoms with E-state index >= 15 is 0 Å². The Balaban J connectivity index is 2.42. The van der Waals surface area contributed by atoms with E-state index in [4.69, 9.17) is 0 Å². The number of fused-ring (bicyclic) bond motifs is 3. The summed E-state index contributed by atoms with van der Waals surface area (Å²) in [5, 5.41) is 2.86. The van der Waals surface area contributed by atoms with Crippen LogP contribution in [0.1, 0.15) is 25.0 Å². The van der Waals surface area contributed by atoms with Crippen molar-refractivity contribution >= 4 is 31.5 Å². The molecule has 0 nitrogen and oxygen atoms in total. The van der Waals surface area contributed by atoms with Crippen molar-refractivity contribution in [1.29, 1.82) is 0 Å². The van der Waals surface area contributed by atoms with E-state index < -0.39 is 0 Å². The van der Waals surface area contributed by atoms with Crippen molar-refractivity contribution in [3.8, 4) is 0 Å². The molecule has 0 spiro atoms. The Morgan fingerprint density at radius 1 is 0.941 bits per heavy atom. The molecular weight excluding hydrogens is 224 g/mol. The second kappa shape index (κ2) is 4.15. The molecule has 0 aliphatic carbocycles. The highest BCUT2D eigenvalue weighted by molar-refractivity contribution is 7.26. The molecule has 1 aromatic heterocycles. The highest BCUT2D eigenvalue weighted by Gasteiger charge is 2.07. The van der Waals surface area contributed by atoms with Crippen LogP contribution in [-0.2, 0) is 12.8 Å². The number of hydrogen-bond donors (Lipinski definition) is 0. The lowest BCUT2D eigenvalue weighted by Gasteiger charge is -1.98. The van der Waals surface area contributed by atoms with Crippen LogP contribution in [0.15, 0.2) is 36.4 Å². The molecule has 0 amide bonds. The smallest absolute Gasteiger partial charge is 0.0387 e. The molecule has 86 valence electrons. The van der Waals surface area contributed by atoms with E-state index in [-0.39, 0.29) is 0 Å². The monoisotopic (exact) mass is 240 g/mol. The Bertz CT molecular complexity index is 676. The zero-order chi connectivity index (χ0) is 11.8. The first-order valence-corrected chi connectivity index (χ1v) is 7.08. The lowest BCUT2D eigenvalue weighted by Crippen LogP contribution is -1.79. The molecule has 1 heterocycles. The molecule has 0 unspecified atom stereocenters. The summed E-state index contributed by atoms with van der Waals surface area (Å²) in [7, 11) is 0. The predicted octanol–water partition coefficient (Wildman–Crippen LogP) is 5.18. The van der Waals surface area contributed by atoms with Gasteiger partial charge in [-0.1, -0.05) is 38.1 Å². The predicted molar refractivity (Wildman–Crippen MR) is 78.1 cm³/mol. The first-order chi connectivity index (χ1) is 8.33. The van der Waals surface area contributed by atoms with Crippen molar-refractivity contribution in [2.24, 2.45) is 0 Å². The summed E-state index contributed by atoms with van der Waals surface area (Å²) in [6, 6.07) is 13.6. The van der Waals surface area contributed by atoms with Gasteiger partial charge in [-0.15, -0.1) is 11.3 Å². The summed E-state index contributed by atoms with van der Waals surface area (Å²) >= 11 is 1.93. The molecule has 1 heteroatoms. The Hall–Kier alpha value is -1.34. The van der Waals surface area contributed by atoms with Gasteiger partial charge in [-0.25, -0.2) is 0 Å². The summed E-state index contributed by atoms with van der Waals surface area (Å²) in [6.45, 7) is 4.45. The van der Waals surface area contributed by atoms with Gasteiger partial charge in [-0.2, -0.15) is 0 Å². The molecule has 0 saturated heterocycles. The first-order valence-electron chi connectivity index (χ1n) is 6.26. The van der Waals surface area contributed by atoms with Gasteiger partial charge in [-0.3, -0.25) is 0 Å². The molecule has 0 radical (unpaired) electrons. The first kappa shape index (κ1) is 10.8. The minimum atomic E-state index is 1.11. The third-order valence-electron chi connectivity index (χ3n) is 3.43. The molecule has 0 N–H and O–H groups in total. The molecule has 0 saturated carbocycles. The maximum atomic E-state index is 2.35. The fraction of sp³-hybridized carbons (Fsp3) is 0.250. The topological polar surface area (TPSA) is 0 Å². The number of rotatable bonds is 2. The second-order valence-corrected chi connectivity index (χ2v) is 5.49. The van der Waals surface area contributed by atoms with Gasteiger partial charge in [-0.05, 0) is 36.1 Å². The molecule has 17 heavy (non-hydrogen) atoms. The average molecular weight is 240 g/mol. The van der Waals surface area contributed by atoms with Crippen LogP contribution in [0.5, 0.6) is 0 Å². The van der Waals surface area contributed by atoms with Gasteiger partial charge in [0, 0.05) is 20.2 Å². The SMILES string of the molecule is CCc1ccc2sc3c(CC)cccc3c2c1. The minimum absolute atomic E-state index is 1.11. The summed E-state index contributed by atoms with van der Waals surface area (Å²) in [5.41, 5.74) is 2.90. The van der Waals surface area contributed by atoms with Crippen molar-refractivity contribution < 1.29 is 0 Å². The molecule has 0 fully saturated rings. The third-order valence-corrected chi connectivity index (χ3v) is 4.69. The van der Waals surface area contributed by atoms with Crippen molar-refractivity contribution in [2.45, 2.75) is 26.7 Å². The van der Waals surface area contributed by atoms with Crippen molar-refractivity contribution in [3.63, 3.8) is 0 Å². The summed E-state index contributed by atoms with van der Waals surface area (Å²) in [6.07, 6.45) is 2.23. The van der Waals surface area contributed by atoms with Crippen molar-refractivity contribution in [1.82, 2.24) is 0 Å². The maximum Gasteiger partial charge on any atom is 0.0387 e. The van der Waals surface area contributed by atoms with E-state index in [2.05, 4.69) is 50.2 Å². The van der Waals surface area contributed by atoms with Crippen LogP contribution >= 0.6 is 11.3 Å². The third kappa shape index (κ3) is 1.66. The number of benzene rings is 2. The minimum Gasteiger partial charge on any atom is -0.135 e. The van der Waals surface area contributed by atoms with Crippen molar-refractivity contribution in [3.05, 3.63) is 47.5 Å². The number of hydrogen-bond acceptors (Lipinski definition) is 1. The van der Waals surface area contributed by atoms with E-state index in [1.54, 1.807) is 0 Å². The zero-order valence-electron chi connectivity index (χ0n) is 10.3. The van der Waals surface area contributed by atoms with Crippen molar-refractivity contribution in [2.75, 3.05) is 0 Å². The summed E-state index contributed by atoms with van der Waals surface area (Å²) in [4.78, 5) is 0. The van der Waals surface area contributed by atoms with Crippen LogP contribution in [0.4, 0.5) is 0 Å². The Morgan fingerprint density at radius 3 is 2.59 bits per heavy atom. The number of thiophene rings is 1. The largest absolute Gasteiger partial charge is 0.135 e. The van der Waals surface area contributed by atoms with E-state index in [1.807, 2.05) is 11.3 Å². The molecule has 0 bridgehead atoms. The molecule has 3 rings (SSSR count). The van der Waals surface area contributed by atoms with E-state index in [0.29, 0.717) is 0 Å².